The third kappa shape index (κ3) is 4.73. The fraction of sp³-hybridized carbons (Fsp3) is 0.643. The first-order valence-electron chi connectivity index (χ1n) is 6.59. The normalized spacial score (nSPS) is 12.9. The Morgan fingerprint density at radius 1 is 1.35 bits per heavy atom. The highest BCUT2D eigenvalue weighted by atomic mass is 14.9. The summed E-state index contributed by atoms with van der Waals surface area (Å²) in [7, 11) is 0. The van der Waals surface area contributed by atoms with Gasteiger partial charge in [0.15, 0.2) is 0 Å². The van der Waals surface area contributed by atoms with Crippen LogP contribution in [0.25, 0.3) is 0 Å². The molecule has 1 atom stereocenters. The molecule has 0 aliphatic rings. The van der Waals surface area contributed by atoms with Gasteiger partial charge < -0.3 is 11.1 Å². The van der Waals surface area contributed by atoms with Gasteiger partial charge in [0.25, 0.3) is 0 Å². The van der Waals surface area contributed by atoms with Crippen LogP contribution in [0.3, 0.4) is 0 Å². The monoisotopic (exact) mass is 235 g/mol. The van der Waals surface area contributed by atoms with Gasteiger partial charge >= 0.3 is 0 Å². The third-order valence-electron chi connectivity index (χ3n) is 2.92. The van der Waals surface area contributed by atoms with Crippen molar-refractivity contribution in [3.63, 3.8) is 0 Å². The van der Waals surface area contributed by atoms with Gasteiger partial charge in [-0.25, -0.2) is 4.98 Å². The number of hydrogen-bond acceptors (Lipinski definition) is 3. The zero-order valence-corrected chi connectivity index (χ0v) is 11.2. The van der Waals surface area contributed by atoms with E-state index >= 15 is 0 Å². The van der Waals surface area contributed by atoms with Crippen LogP contribution in [0.1, 0.15) is 51.6 Å². The largest absolute Gasteiger partial charge is 0.383 e. The number of pyridine rings is 1. The Morgan fingerprint density at radius 3 is 2.71 bits per heavy atom. The molecule has 1 heterocycles. The van der Waals surface area contributed by atoms with Crippen LogP contribution in [0, 0.1) is 5.92 Å². The van der Waals surface area contributed by atoms with Crippen LogP contribution in [0.2, 0.25) is 0 Å². The molecule has 96 valence electrons. The molecule has 0 radical (unpaired) electrons. The first-order valence-corrected chi connectivity index (χ1v) is 6.59. The van der Waals surface area contributed by atoms with Gasteiger partial charge in [-0.1, -0.05) is 26.8 Å². The average Bonchev–Trinajstić information content (AvgIpc) is 2.30. The highest BCUT2D eigenvalue weighted by Crippen LogP contribution is 2.24. The number of nitrogens with zero attached hydrogens (tertiary/aromatic N) is 1. The Kier molecular flexibility index (Phi) is 5.98. The van der Waals surface area contributed by atoms with E-state index < -0.39 is 0 Å². The summed E-state index contributed by atoms with van der Waals surface area (Å²) in [6.45, 7) is 7.71. The lowest BCUT2D eigenvalue weighted by Crippen LogP contribution is -2.23. The summed E-state index contributed by atoms with van der Waals surface area (Å²) < 4.78 is 0. The molecule has 0 amide bonds. The molecule has 0 saturated carbocycles. The quantitative estimate of drug-likeness (QED) is 0.763. The van der Waals surface area contributed by atoms with Crippen molar-refractivity contribution in [2.75, 3.05) is 12.3 Å². The molecule has 0 spiro atoms. The van der Waals surface area contributed by atoms with Gasteiger partial charge in [-0.15, -0.1) is 0 Å². The van der Waals surface area contributed by atoms with Gasteiger partial charge in [0, 0.05) is 17.8 Å². The molecule has 1 rings (SSSR count). The molecule has 1 aromatic heterocycles. The molecule has 0 fully saturated rings. The molecule has 0 aliphatic carbocycles. The van der Waals surface area contributed by atoms with Crippen molar-refractivity contribution < 1.29 is 0 Å². The van der Waals surface area contributed by atoms with Crippen LogP contribution in [0.5, 0.6) is 0 Å². The van der Waals surface area contributed by atoms with Crippen molar-refractivity contribution in [2.45, 2.75) is 46.1 Å². The number of aromatic nitrogens is 1. The maximum absolute atomic E-state index is 5.95. The van der Waals surface area contributed by atoms with Crippen molar-refractivity contribution >= 4 is 5.82 Å². The van der Waals surface area contributed by atoms with E-state index in [9.17, 15) is 0 Å². The summed E-state index contributed by atoms with van der Waals surface area (Å²) >= 11 is 0. The van der Waals surface area contributed by atoms with E-state index in [1.165, 1.54) is 6.42 Å². The van der Waals surface area contributed by atoms with Crippen LogP contribution >= 0.6 is 0 Å². The maximum Gasteiger partial charge on any atom is 0.128 e. The Balaban J connectivity index is 2.71. The molecular formula is C14H25N3. The summed E-state index contributed by atoms with van der Waals surface area (Å²) in [6, 6.07) is 4.38. The summed E-state index contributed by atoms with van der Waals surface area (Å²) in [4.78, 5) is 4.17. The molecule has 1 unspecified atom stereocenters. The van der Waals surface area contributed by atoms with E-state index in [-0.39, 0.29) is 0 Å². The van der Waals surface area contributed by atoms with Crippen molar-refractivity contribution in [1.82, 2.24) is 10.3 Å². The molecule has 3 N–H and O–H groups in total. The van der Waals surface area contributed by atoms with Crippen LogP contribution < -0.4 is 11.1 Å². The molecule has 0 aliphatic heterocycles. The second-order valence-corrected chi connectivity index (χ2v) is 4.96. The molecule has 17 heavy (non-hydrogen) atoms. The molecule has 0 aromatic carbocycles. The number of nitrogens with two attached hydrogens (primary N) is 1. The van der Waals surface area contributed by atoms with Gasteiger partial charge in [-0.3, -0.25) is 0 Å². The fourth-order valence-corrected chi connectivity index (χ4v) is 1.91. The Morgan fingerprint density at radius 2 is 2.12 bits per heavy atom. The molecule has 0 saturated heterocycles. The van der Waals surface area contributed by atoms with Gasteiger partial charge in [-0.05, 0) is 37.8 Å². The second kappa shape index (κ2) is 7.28. The standard InChI is InChI=1S/C14H25N3/c1-4-9-16-13(8-7-11(2)3)12-6-5-10-17-14(12)15/h5-6,10-11,13,16H,4,7-9H2,1-3H3,(H2,15,17). The molecule has 3 nitrogen and oxygen atoms in total. The van der Waals surface area contributed by atoms with Crippen LogP contribution in [-0.2, 0) is 0 Å². The molecule has 0 bridgehead atoms. The first-order chi connectivity index (χ1) is 8.15. The third-order valence-corrected chi connectivity index (χ3v) is 2.92. The maximum atomic E-state index is 5.95. The number of nitrogen functional groups attached to an aromatic ring is 1. The zero-order valence-electron chi connectivity index (χ0n) is 11.2. The number of nitrogens with one attached hydrogen (secondary N) is 1. The zero-order chi connectivity index (χ0) is 12.7. The Bertz CT molecular complexity index is 323. The lowest BCUT2D eigenvalue weighted by atomic mass is 9.98. The summed E-state index contributed by atoms with van der Waals surface area (Å²) in [5.74, 6) is 1.38. The minimum Gasteiger partial charge on any atom is -0.383 e. The molecule has 3 heteroatoms. The minimum absolute atomic E-state index is 0.339. The van der Waals surface area contributed by atoms with Crippen molar-refractivity contribution in [1.29, 1.82) is 0 Å². The predicted molar refractivity (Wildman–Crippen MR) is 73.8 cm³/mol. The average molecular weight is 235 g/mol. The van der Waals surface area contributed by atoms with E-state index in [2.05, 4.69) is 37.1 Å². The van der Waals surface area contributed by atoms with Crippen LogP contribution in [0.15, 0.2) is 18.3 Å². The predicted octanol–water partition coefficient (Wildman–Crippen LogP) is 3.14. The lowest BCUT2D eigenvalue weighted by Gasteiger charge is -2.20. The molecule has 1 aromatic rings. The van der Waals surface area contributed by atoms with E-state index in [0.29, 0.717) is 11.9 Å². The van der Waals surface area contributed by atoms with Gasteiger partial charge in [0.05, 0.1) is 0 Å². The van der Waals surface area contributed by atoms with E-state index in [1.54, 1.807) is 6.20 Å². The van der Waals surface area contributed by atoms with Crippen LogP contribution in [-0.4, -0.2) is 11.5 Å². The summed E-state index contributed by atoms with van der Waals surface area (Å²) in [5.41, 5.74) is 7.09. The molecular weight excluding hydrogens is 210 g/mol. The second-order valence-electron chi connectivity index (χ2n) is 4.96. The lowest BCUT2D eigenvalue weighted by molar-refractivity contribution is 0.441. The van der Waals surface area contributed by atoms with Crippen molar-refractivity contribution in [3.8, 4) is 0 Å². The summed E-state index contributed by atoms with van der Waals surface area (Å²) in [6.07, 6.45) is 5.21. The van der Waals surface area contributed by atoms with E-state index in [4.69, 9.17) is 5.73 Å². The Labute approximate surface area is 105 Å². The SMILES string of the molecule is CCCNC(CCC(C)C)c1cccnc1N. The van der Waals surface area contributed by atoms with Crippen molar-refractivity contribution in [2.24, 2.45) is 5.92 Å². The van der Waals surface area contributed by atoms with Gasteiger partial charge in [0.2, 0.25) is 0 Å². The highest BCUT2D eigenvalue weighted by molar-refractivity contribution is 5.40. The fourth-order valence-electron chi connectivity index (χ4n) is 1.91. The smallest absolute Gasteiger partial charge is 0.128 e. The minimum atomic E-state index is 0.339. The summed E-state index contributed by atoms with van der Waals surface area (Å²) in [5, 5.41) is 3.56. The number of anilines is 1. The first kappa shape index (κ1) is 14.0. The number of rotatable bonds is 7. The van der Waals surface area contributed by atoms with Crippen LogP contribution in [0.4, 0.5) is 5.82 Å². The number of hydrogen-bond donors (Lipinski definition) is 2. The van der Waals surface area contributed by atoms with Gasteiger partial charge in [0.1, 0.15) is 5.82 Å². The highest BCUT2D eigenvalue weighted by Gasteiger charge is 2.14. The van der Waals surface area contributed by atoms with Crippen molar-refractivity contribution in [3.05, 3.63) is 23.9 Å². The van der Waals surface area contributed by atoms with E-state index in [0.717, 1.165) is 30.9 Å². The van der Waals surface area contributed by atoms with E-state index in [1.807, 2.05) is 6.07 Å². The Hall–Kier alpha value is -1.09. The van der Waals surface area contributed by atoms with Gasteiger partial charge in [-0.2, -0.15) is 0 Å². The topological polar surface area (TPSA) is 50.9 Å².